The molecule has 7 heteroatoms. The number of piperidine rings is 1. The third-order valence-electron chi connectivity index (χ3n) is 3.86. The number of nitrogens with zero attached hydrogens (tertiary/aromatic N) is 3. The second-order valence-electron chi connectivity index (χ2n) is 5.40. The first-order valence-electron chi connectivity index (χ1n) is 7.15. The molecule has 0 aliphatic carbocycles. The molecule has 21 heavy (non-hydrogen) atoms. The van der Waals surface area contributed by atoms with E-state index in [1.807, 2.05) is 17.8 Å². The molecule has 0 radical (unpaired) electrons. The fourth-order valence-electron chi connectivity index (χ4n) is 2.45. The van der Waals surface area contributed by atoms with Crippen molar-refractivity contribution < 1.29 is 9.53 Å². The molecule has 1 N–H and O–H groups in total. The number of methoxy groups -OCH3 is 1. The Balaban J connectivity index is 0.00000220. The lowest BCUT2D eigenvalue weighted by molar-refractivity contribution is 0.0626. The molecule has 120 valence electrons. The zero-order chi connectivity index (χ0) is 14.5. The van der Waals surface area contributed by atoms with Gasteiger partial charge in [-0.3, -0.25) is 9.48 Å². The Bertz CT molecular complexity index is 446. The summed E-state index contributed by atoms with van der Waals surface area (Å²) < 4.78 is 6.99. The molecule has 1 fully saturated rings. The van der Waals surface area contributed by atoms with Crippen LogP contribution in [0.4, 0.5) is 0 Å². The zero-order valence-electron chi connectivity index (χ0n) is 12.9. The van der Waals surface area contributed by atoms with Gasteiger partial charge in [-0.15, -0.1) is 12.4 Å². The Labute approximate surface area is 132 Å². The summed E-state index contributed by atoms with van der Waals surface area (Å²) >= 11 is 0. The van der Waals surface area contributed by atoms with Crippen molar-refractivity contribution in [3.05, 3.63) is 18.0 Å². The zero-order valence-corrected chi connectivity index (χ0v) is 13.7. The van der Waals surface area contributed by atoms with Gasteiger partial charge in [0, 0.05) is 26.9 Å². The van der Waals surface area contributed by atoms with Crippen LogP contribution < -0.4 is 5.32 Å². The molecule has 1 amide bonds. The lowest BCUT2D eigenvalue weighted by atomic mass is 10.1. The smallest absolute Gasteiger partial charge is 0.274 e. The number of hydrogen-bond acceptors (Lipinski definition) is 4. The average Bonchev–Trinajstić information content (AvgIpc) is 2.96. The van der Waals surface area contributed by atoms with Gasteiger partial charge in [-0.05, 0) is 32.4 Å². The van der Waals surface area contributed by atoms with Gasteiger partial charge in [0.25, 0.3) is 5.91 Å². The van der Waals surface area contributed by atoms with Gasteiger partial charge in [-0.25, -0.2) is 0 Å². The van der Waals surface area contributed by atoms with E-state index < -0.39 is 0 Å². The molecular weight excluding hydrogens is 292 g/mol. The molecule has 0 saturated carbocycles. The average molecular weight is 317 g/mol. The fourth-order valence-corrected chi connectivity index (χ4v) is 2.45. The summed E-state index contributed by atoms with van der Waals surface area (Å²) in [6, 6.07) is 2.19. The molecule has 2 rings (SSSR count). The molecule has 2 heterocycles. The van der Waals surface area contributed by atoms with Gasteiger partial charge in [-0.2, -0.15) is 5.10 Å². The van der Waals surface area contributed by atoms with Crippen LogP contribution in [0.15, 0.2) is 12.3 Å². The van der Waals surface area contributed by atoms with Crippen LogP contribution in [-0.4, -0.2) is 60.5 Å². The maximum atomic E-state index is 12.3. The minimum atomic E-state index is -0.0583. The van der Waals surface area contributed by atoms with E-state index >= 15 is 0 Å². The third kappa shape index (κ3) is 4.43. The van der Waals surface area contributed by atoms with Gasteiger partial charge in [0.15, 0.2) is 0 Å². The van der Waals surface area contributed by atoms with Crippen LogP contribution >= 0.6 is 12.4 Å². The van der Waals surface area contributed by atoms with E-state index in [0.717, 1.165) is 25.9 Å². The van der Waals surface area contributed by atoms with Crippen molar-refractivity contribution >= 4 is 18.3 Å². The minimum Gasteiger partial charge on any atom is -0.383 e. The molecule has 0 aromatic carbocycles. The number of halogens is 1. The first-order chi connectivity index (χ1) is 9.63. The highest BCUT2D eigenvalue weighted by molar-refractivity contribution is 5.92. The SMILES string of the molecule is COCC(C)N(C)C(=O)c1ccn(C2CCCNC2)n1.Cl. The van der Waals surface area contributed by atoms with E-state index in [9.17, 15) is 4.79 Å². The van der Waals surface area contributed by atoms with Crippen molar-refractivity contribution in [2.24, 2.45) is 0 Å². The Morgan fingerprint density at radius 1 is 1.67 bits per heavy atom. The molecule has 1 saturated heterocycles. The van der Waals surface area contributed by atoms with E-state index in [-0.39, 0.29) is 24.4 Å². The fraction of sp³-hybridized carbons (Fsp3) is 0.714. The van der Waals surface area contributed by atoms with Crippen molar-refractivity contribution in [3.63, 3.8) is 0 Å². The second kappa shape index (κ2) is 8.36. The standard InChI is InChI=1S/C14H24N4O2.ClH/c1-11(10-20-3)17(2)14(19)13-6-8-18(16-13)12-5-4-7-15-9-12;/h6,8,11-12,15H,4-5,7,9-10H2,1-3H3;1H. The maximum absolute atomic E-state index is 12.3. The number of amides is 1. The van der Waals surface area contributed by atoms with Crippen molar-refractivity contribution in [3.8, 4) is 0 Å². The summed E-state index contributed by atoms with van der Waals surface area (Å²) in [5.41, 5.74) is 0.501. The molecule has 1 aliphatic rings. The number of carbonyl (C=O) groups is 1. The number of likely N-dealkylation sites (N-methyl/N-ethyl adjacent to an activating group) is 1. The van der Waals surface area contributed by atoms with Crippen LogP contribution in [0, 0.1) is 0 Å². The van der Waals surface area contributed by atoms with Gasteiger partial charge in [-0.1, -0.05) is 0 Å². The summed E-state index contributed by atoms with van der Waals surface area (Å²) in [4.78, 5) is 14.0. The van der Waals surface area contributed by atoms with E-state index in [1.165, 1.54) is 0 Å². The van der Waals surface area contributed by atoms with E-state index in [2.05, 4.69) is 10.4 Å². The summed E-state index contributed by atoms with van der Waals surface area (Å²) in [6.45, 7) is 4.48. The second-order valence-corrected chi connectivity index (χ2v) is 5.40. The molecule has 1 aromatic heterocycles. The first-order valence-corrected chi connectivity index (χ1v) is 7.15. The van der Waals surface area contributed by atoms with Crippen LogP contribution in [0.2, 0.25) is 0 Å². The van der Waals surface area contributed by atoms with E-state index in [0.29, 0.717) is 18.3 Å². The lowest BCUT2D eigenvalue weighted by Crippen LogP contribution is -2.38. The van der Waals surface area contributed by atoms with Crippen LogP contribution in [0.1, 0.15) is 36.3 Å². The van der Waals surface area contributed by atoms with Gasteiger partial charge < -0.3 is 15.0 Å². The largest absolute Gasteiger partial charge is 0.383 e. The molecule has 0 spiro atoms. The quantitative estimate of drug-likeness (QED) is 0.890. The predicted octanol–water partition coefficient (Wildman–Crippen LogP) is 1.34. The Hall–Kier alpha value is -1.11. The highest BCUT2D eigenvalue weighted by atomic mass is 35.5. The number of ether oxygens (including phenoxy) is 1. The van der Waals surface area contributed by atoms with Crippen LogP contribution in [-0.2, 0) is 4.74 Å². The highest BCUT2D eigenvalue weighted by Gasteiger charge is 2.21. The number of rotatable bonds is 5. The Morgan fingerprint density at radius 2 is 2.43 bits per heavy atom. The molecular formula is C14H25ClN4O2. The van der Waals surface area contributed by atoms with Gasteiger partial charge in [0.05, 0.1) is 18.7 Å². The Morgan fingerprint density at radius 3 is 3.05 bits per heavy atom. The topological polar surface area (TPSA) is 59.4 Å². The van der Waals surface area contributed by atoms with Crippen molar-refractivity contribution in [2.75, 3.05) is 33.9 Å². The molecule has 0 bridgehead atoms. The van der Waals surface area contributed by atoms with Gasteiger partial charge >= 0.3 is 0 Å². The van der Waals surface area contributed by atoms with Gasteiger partial charge in [0.1, 0.15) is 5.69 Å². The van der Waals surface area contributed by atoms with Crippen molar-refractivity contribution in [2.45, 2.75) is 31.8 Å². The van der Waals surface area contributed by atoms with Crippen LogP contribution in [0.5, 0.6) is 0 Å². The summed E-state index contributed by atoms with van der Waals surface area (Å²) in [6.07, 6.45) is 4.16. The lowest BCUT2D eigenvalue weighted by Gasteiger charge is -2.24. The Kier molecular flexibility index (Phi) is 7.14. The molecule has 1 aliphatic heterocycles. The van der Waals surface area contributed by atoms with E-state index in [1.54, 1.807) is 25.1 Å². The third-order valence-corrected chi connectivity index (χ3v) is 3.86. The molecule has 6 nitrogen and oxygen atoms in total. The summed E-state index contributed by atoms with van der Waals surface area (Å²) in [7, 11) is 3.42. The number of hydrogen-bond donors (Lipinski definition) is 1. The number of carbonyl (C=O) groups excluding carboxylic acids is 1. The van der Waals surface area contributed by atoms with Gasteiger partial charge in [0.2, 0.25) is 0 Å². The molecule has 2 unspecified atom stereocenters. The maximum Gasteiger partial charge on any atom is 0.274 e. The first kappa shape index (κ1) is 17.9. The normalized spacial score (nSPS) is 19.7. The minimum absolute atomic E-state index is 0. The van der Waals surface area contributed by atoms with Crippen molar-refractivity contribution in [1.82, 2.24) is 20.0 Å². The van der Waals surface area contributed by atoms with Crippen LogP contribution in [0.25, 0.3) is 0 Å². The van der Waals surface area contributed by atoms with Crippen LogP contribution in [0.3, 0.4) is 0 Å². The summed E-state index contributed by atoms with van der Waals surface area (Å²) in [5, 5.41) is 7.80. The van der Waals surface area contributed by atoms with E-state index in [4.69, 9.17) is 4.74 Å². The summed E-state index contributed by atoms with van der Waals surface area (Å²) in [5.74, 6) is -0.0583. The molecule has 2 atom stereocenters. The number of aromatic nitrogens is 2. The molecule has 1 aromatic rings. The monoisotopic (exact) mass is 316 g/mol. The van der Waals surface area contributed by atoms with Crippen molar-refractivity contribution in [1.29, 1.82) is 0 Å². The predicted molar refractivity (Wildman–Crippen MR) is 84.0 cm³/mol. The highest BCUT2D eigenvalue weighted by Crippen LogP contribution is 2.16. The number of nitrogens with one attached hydrogen (secondary N) is 1.